The lowest BCUT2D eigenvalue weighted by molar-refractivity contribution is -0.127. The number of hydrogen-bond donors (Lipinski definition) is 0. The van der Waals surface area contributed by atoms with Crippen molar-refractivity contribution in [3.63, 3.8) is 0 Å². The van der Waals surface area contributed by atoms with E-state index < -0.39 is 5.00 Å². The van der Waals surface area contributed by atoms with Crippen LogP contribution in [0, 0.1) is 0 Å². The van der Waals surface area contributed by atoms with E-state index >= 15 is 0 Å². The first kappa shape index (κ1) is 10.7. The third kappa shape index (κ3) is 2.40. The molecule has 0 heterocycles. The fourth-order valence-electron chi connectivity index (χ4n) is 1.75. The van der Waals surface area contributed by atoms with Gasteiger partial charge in [-0.25, -0.2) is 4.39 Å². The first-order chi connectivity index (χ1) is 7.21. The summed E-state index contributed by atoms with van der Waals surface area (Å²) < 4.78 is 14.3. The molecule has 0 N–H and O–H groups in total. The molecule has 0 saturated heterocycles. The van der Waals surface area contributed by atoms with Crippen molar-refractivity contribution in [3.05, 3.63) is 30.3 Å². The maximum absolute atomic E-state index is 14.3. The van der Waals surface area contributed by atoms with E-state index in [0.29, 0.717) is 12.8 Å². The van der Waals surface area contributed by atoms with Crippen LogP contribution in [0.5, 0.6) is 0 Å². The molecule has 1 nitrogen and oxygen atoms in total. The van der Waals surface area contributed by atoms with Gasteiger partial charge in [0.2, 0.25) is 5.00 Å². The summed E-state index contributed by atoms with van der Waals surface area (Å²) in [6, 6.07) is 9.29. The second-order valence-electron chi connectivity index (χ2n) is 3.77. The number of Topliss-reactive ketones (excluding diaryl/α,β-unsaturated/α-hetero) is 1. The Morgan fingerprint density at radius 2 is 1.93 bits per heavy atom. The first-order valence-electron chi connectivity index (χ1n) is 5.17. The molecule has 0 bridgehead atoms. The third-order valence-corrected chi connectivity index (χ3v) is 3.85. The van der Waals surface area contributed by atoms with Crippen molar-refractivity contribution in [1.82, 2.24) is 0 Å². The fraction of sp³-hybridized carbons (Fsp3) is 0.417. The van der Waals surface area contributed by atoms with Gasteiger partial charge in [-0.15, -0.1) is 0 Å². The van der Waals surface area contributed by atoms with Gasteiger partial charge < -0.3 is 0 Å². The number of carbonyl (C=O) groups is 1. The second kappa shape index (κ2) is 4.35. The summed E-state index contributed by atoms with van der Waals surface area (Å²) in [7, 11) is 0. The minimum atomic E-state index is -1.68. The Morgan fingerprint density at radius 3 is 2.60 bits per heavy atom. The number of benzene rings is 1. The van der Waals surface area contributed by atoms with Gasteiger partial charge >= 0.3 is 0 Å². The zero-order chi connectivity index (χ0) is 10.7. The molecule has 1 aliphatic carbocycles. The van der Waals surface area contributed by atoms with Gasteiger partial charge in [0.1, 0.15) is 0 Å². The minimum absolute atomic E-state index is 0.248. The standard InChI is InChI=1S/C12H13FOS/c13-12(9-5-4-8-11(12)14)15-10-6-2-1-3-7-10/h1-3,6-7H,4-5,8-9H2. The van der Waals surface area contributed by atoms with Crippen molar-refractivity contribution in [2.45, 2.75) is 35.6 Å². The monoisotopic (exact) mass is 224 g/mol. The zero-order valence-corrected chi connectivity index (χ0v) is 9.23. The van der Waals surface area contributed by atoms with Gasteiger partial charge in [0.15, 0.2) is 5.78 Å². The topological polar surface area (TPSA) is 17.1 Å². The average Bonchev–Trinajstić information content (AvgIpc) is 2.24. The lowest BCUT2D eigenvalue weighted by Gasteiger charge is -2.27. The van der Waals surface area contributed by atoms with E-state index in [1.807, 2.05) is 30.3 Å². The van der Waals surface area contributed by atoms with Crippen LogP contribution in [0.1, 0.15) is 25.7 Å². The molecular formula is C12H13FOS. The van der Waals surface area contributed by atoms with Crippen LogP contribution < -0.4 is 0 Å². The molecule has 80 valence electrons. The zero-order valence-electron chi connectivity index (χ0n) is 8.41. The maximum atomic E-state index is 14.3. The predicted molar refractivity (Wildman–Crippen MR) is 59.6 cm³/mol. The largest absolute Gasteiger partial charge is 0.295 e. The van der Waals surface area contributed by atoms with Crippen molar-refractivity contribution in [3.8, 4) is 0 Å². The highest BCUT2D eigenvalue weighted by atomic mass is 32.2. The first-order valence-corrected chi connectivity index (χ1v) is 5.99. The molecular weight excluding hydrogens is 211 g/mol. The molecule has 0 aromatic heterocycles. The summed E-state index contributed by atoms with van der Waals surface area (Å²) >= 11 is 1.06. The molecule has 2 rings (SSSR count). The average molecular weight is 224 g/mol. The maximum Gasteiger partial charge on any atom is 0.218 e. The number of alkyl halides is 1. The molecule has 1 unspecified atom stereocenters. The van der Waals surface area contributed by atoms with Crippen LogP contribution in [0.4, 0.5) is 4.39 Å². The van der Waals surface area contributed by atoms with Gasteiger partial charge in [-0.2, -0.15) is 0 Å². The summed E-state index contributed by atoms with van der Waals surface area (Å²) in [5.74, 6) is -0.248. The molecule has 1 aromatic carbocycles. The van der Waals surface area contributed by atoms with Crippen LogP contribution in [0.2, 0.25) is 0 Å². The Bertz CT molecular complexity index is 352. The van der Waals surface area contributed by atoms with Crippen LogP contribution in [0.15, 0.2) is 35.2 Å². The molecule has 0 radical (unpaired) electrons. The lowest BCUT2D eigenvalue weighted by Crippen LogP contribution is -2.33. The number of hydrogen-bond acceptors (Lipinski definition) is 2. The van der Waals surface area contributed by atoms with E-state index in [2.05, 4.69) is 0 Å². The number of carbonyl (C=O) groups excluding carboxylic acids is 1. The van der Waals surface area contributed by atoms with Crippen molar-refractivity contribution < 1.29 is 9.18 Å². The van der Waals surface area contributed by atoms with Gasteiger partial charge in [-0.05, 0) is 31.4 Å². The summed E-state index contributed by atoms with van der Waals surface area (Å²) in [6.45, 7) is 0. The quantitative estimate of drug-likeness (QED) is 0.763. The van der Waals surface area contributed by atoms with Crippen LogP contribution in [-0.4, -0.2) is 10.8 Å². The molecule has 1 aliphatic rings. The Kier molecular flexibility index (Phi) is 3.10. The number of thioether (sulfide) groups is 1. The SMILES string of the molecule is O=C1CCCCC1(F)Sc1ccccc1. The molecule has 0 amide bonds. The fourth-order valence-corrected chi connectivity index (χ4v) is 2.88. The van der Waals surface area contributed by atoms with Gasteiger partial charge in [0, 0.05) is 11.3 Å². The molecule has 3 heteroatoms. The number of ketones is 1. The summed E-state index contributed by atoms with van der Waals surface area (Å²) in [6.07, 6.45) is 2.38. The Morgan fingerprint density at radius 1 is 1.20 bits per heavy atom. The van der Waals surface area contributed by atoms with E-state index in [9.17, 15) is 9.18 Å². The van der Waals surface area contributed by atoms with E-state index in [0.717, 1.165) is 29.5 Å². The van der Waals surface area contributed by atoms with Gasteiger partial charge in [0.05, 0.1) is 0 Å². The van der Waals surface area contributed by atoms with Crippen molar-refractivity contribution in [2.24, 2.45) is 0 Å². The van der Waals surface area contributed by atoms with Gasteiger partial charge in [-0.3, -0.25) is 4.79 Å². The Hall–Kier alpha value is -0.830. The normalized spacial score (nSPS) is 26.6. The van der Waals surface area contributed by atoms with E-state index in [1.165, 1.54) is 0 Å². The molecule has 0 aliphatic heterocycles. The third-order valence-electron chi connectivity index (χ3n) is 2.59. The van der Waals surface area contributed by atoms with Crippen LogP contribution in [0.3, 0.4) is 0 Å². The van der Waals surface area contributed by atoms with Crippen LogP contribution in [-0.2, 0) is 4.79 Å². The highest BCUT2D eigenvalue weighted by Crippen LogP contribution is 2.42. The highest BCUT2D eigenvalue weighted by molar-refractivity contribution is 8.01. The lowest BCUT2D eigenvalue weighted by atomic mass is 9.97. The smallest absolute Gasteiger partial charge is 0.218 e. The van der Waals surface area contributed by atoms with E-state index in [4.69, 9.17) is 0 Å². The summed E-state index contributed by atoms with van der Waals surface area (Å²) in [5.41, 5.74) is 0. The predicted octanol–water partition coefficient (Wildman–Crippen LogP) is 3.59. The van der Waals surface area contributed by atoms with Crippen molar-refractivity contribution >= 4 is 17.5 Å². The molecule has 1 atom stereocenters. The molecule has 15 heavy (non-hydrogen) atoms. The van der Waals surface area contributed by atoms with E-state index in [1.54, 1.807) is 0 Å². The molecule has 1 fully saturated rings. The highest BCUT2D eigenvalue weighted by Gasteiger charge is 2.40. The van der Waals surface area contributed by atoms with Crippen molar-refractivity contribution in [1.29, 1.82) is 0 Å². The van der Waals surface area contributed by atoms with Gasteiger partial charge in [-0.1, -0.05) is 30.0 Å². The molecule has 0 spiro atoms. The summed E-state index contributed by atoms with van der Waals surface area (Å²) in [5, 5.41) is -1.68. The van der Waals surface area contributed by atoms with E-state index in [-0.39, 0.29) is 5.78 Å². The molecule has 1 aromatic rings. The van der Waals surface area contributed by atoms with Crippen LogP contribution in [0.25, 0.3) is 0 Å². The second-order valence-corrected chi connectivity index (χ2v) is 5.10. The Labute approximate surface area is 93.1 Å². The van der Waals surface area contributed by atoms with Crippen molar-refractivity contribution in [2.75, 3.05) is 0 Å². The molecule has 1 saturated carbocycles. The van der Waals surface area contributed by atoms with Gasteiger partial charge in [0.25, 0.3) is 0 Å². The number of rotatable bonds is 2. The minimum Gasteiger partial charge on any atom is -0.295 e. The Balaban J connectivity index is 2.13. The van der Waals surface area contributed by atoms with Crippen LogP contribution >= 0.6 is 11.8 Å². The number of halogens is 1. The summed E-state index contributed by atoms with van der Waals surface area (Å²) in [4.78, 5) is 12.4.